The highest BCUT2D eigenvalue weighted by Gasteiger charge is 2.45. The third-order valence-corrected chi connectivity index (χ3v) is 4.78. The minimum absolute atomic E-state index is 0.109. The highest BCUT2D eigenvalue weighted by molar-refractivity contribution is 5.88. The molecular formula is C16H26N4O5. The molecule has 3 aliphatic heterocycles. The number of rotatable bonds is 3. The zero-order chi connectivity index (χ0) is 18.4. The second kappa shape index (κ2) is 6.36. The SMILES string of the molecule is CN1C(=O)N2C[C@H]1CC[C@H]2C(=O)NOC1CN(C(=O)OC(C)(C)C)C1. The summed E-state index contributed by atoms with van der Waals surface area (Å²) in [6.45, 7) is 6.75. The molecule has 0 aromatic rings. The van der Waals surface area contributed by atoms with Crippen LogP contribution in [-0.4, -0.2) is 83.2 Å². The molecule has 25 heavy (non-hydrogen) atoms. The van der Waals surface area contributed by atoms with Crippen LogP contribution in [0.4, 0.5) is 9.59 Å². The van der Waals surface area contributed by atoms with Gasteiger partial charge in [-0.15, -0.1) is 0 Å². The van der Waals surface area contributed by atoms with Crippen molar-refractivity contribution >= 4 is 18.0 Å². The van der Waals surface area contributed by atoms with E-state index in [1.54, 1.807) is 16.8 Å². The van der Waals surface area contributed by atoms with Crippen LogP contribution in [0.5, 0.6) is 0 Å². The molecule has 0 aromatic carbocycles. The molecule has 0 aromatic heterocycles. The molecule has 3 saturated heterocycles. The van der Waals surface area contributed by atoms with Crippen LogP contribution < -0.4 is 5.48 Å². The minimum atomic E-state index is -0.536. The number of amides is 4. The van der Waals surface area contributed by atoms with Crippen molar-refractivity contribution in [3.8, 4) is 0 Å². The van der Waals surface area contributed by atoms with Crippen LogP contribution >= 0.6 is 0 Å². The lowest BCUT2D eigenvalue weighted by Gasteiger charge is -2.39. The van der Waals surface area contributed by atoms with Gasteiger partial charge in [0.1, 0.15) is 17.7 Å². The molecule has 0 saturated carbocycles. The fourth-order valence-electron chi connectivity index (χ4n) is 3.31. The van der Waals surface area contributed by atoms with Crippen molar-refractivity contribution < 1.29 is 24.0 Å². The first-order chi connectivity index (χ1) is 11.7. The van der Waals surface area contributed by atoms with E-state index < -0.39 is 11.6 Å². The molecule has 4 amide bonds. The Morgan fingerprint density at radius 2 is 1.84 bits per heavy atom. The third kappa shape index (κ3) is 3.65. The van der Waals surface area contributed by atoms with E-state index in [4.69, 9.17) is 9.57 Å². The fraction of sp³-hybridized carbons (Fsp3) is 0.812. The van der Waals surface area contributed by atoms with Crippen LogP contribution in [-0.2, 0) is 14.4 Å². The second-order valence-electron chi connectivity index (χ2n) is 7.88. The van der Waals surface area contributed by atoms with Crippen LogP contribution in [0, 0.1) is 0 Å². The maximum atomic E-state index is 12.3. The average molecular weight is 354 g/mol. The van der Waals surface area contributed by atoms with Gasteiger partial charge in [0.25, 0.3) is 5.91 Å². The summed E-state index contributed by atoms with van der Waals surface area (Å²) in [5.74, 6) is -0.308. The van der Waals surface area contributed by atoms with E-state index in [2.05, 4.69) is 5.48 Å². The zero-order valence-electron chi connectivity index (χ0n) is 15.2. The van der Waals surface area contributed by atoms with Crippen molar-refractivity contribution in [3.05, 3.63) is 0 Å². The number of likely N-dealkylation sites (tertiary alicyclic amines) is 1. The molecule has 3 heterocycles. The number of nitrogens with one attached hydrogen (secondary N) is 1. The Kier molecular flexibility index (Phi) is 4.52. The van der Waals surface area contributed by atoms with Crippen LogP contribution in [0.1, 0.15) is 33.6 Å². The van der Waals surface area contributed by atoms with Gasteiger partial charge in [0, 0.05) is 13.6 Å². The summed E-state index contributed by atoms with van der Waals surface area (Å²) in [7, 11) is 1.77. The lowest BCUT2D eigenvalue weighted by molar-refractivity contribution is -0.152. The van der Waals surface area contributed by atoms with Gasteiger partial charge in [-0.2, -0.15) is 0 Å². The first kappa shape index (κ1) is 17.8. The normalized spacial score (nSPS) is 26.6. The second-order valence-corrected chi connectivity index (χ2v) is 7.88. The predicted molar refractivity (Wildman–Crippen MR) is 87.5 cm³/mol. The summed E-state index contributed by atoms with van der Waals surface area (Å²) in [4.78, 5) is 46.5. The van der Waals surface area contributed by atoms with E-state index in [0.717, 1.165) is 6.42 Å². The molecule has 9 heteroatoms. The molecule has 0 unspecified atom stereocenters. The van der Waals surface area contributed by atoms with Gasteiger partial charge in [0.05, 0.1) is 19.1 Å². The molecule has 2 atom stereocenters. The largest absolute Gasteiger partial charge is 0.444 e. The number of carbonyl (C=O) groups excluding carboxylic acids is 3. The minimum Gasteiger partial charge on any atom is -0.444 e. The lowest BCUT2D eigenvalue weighted by atomic mass is 10.0. The molecule has 2 bridgehead atoms. The number of urea groups is 1. The van der Waals surface area contributed by atoms with Crippen LogP contribution in [0.2, 0.25) is 0 Å². The fourth-order valence-corrected chi connectivity index (χ4v) is 3.31. The van der Waals surface area contributed by atoms with Gasteiger partial charge in [0.15, 0.2) is 0 Å². The summed E-state index contributed by atoms with van der Waals surface area (Å²) in [6.07, 6.45) is 0.796. The Hall–Kier alpha value is -2.03. The standard InChI is InChI=1S/C16H26N4O5/c1-16(2,3)24-15(23)19-8-11(9-19)25-17-13(21)12-6-5-10-7-20(12)14(22)18(10)4/h10-12H,5-9H2,1-4H3,(H,17,21)/t10-,12+/m1/s1. The van der Waals surface area contributed by atoms with Crippen molar-refractivity contribution in [2.24, 2.45) is 0 Å². The van der Waals surface area contributed by atoms with E-state index in [1.807, 2.05) is 20.8 Å². The number of ether oxygens (including phenoxy) is 1. The number of carbonyl (C=O) groups is 3. The highest BCUT2D eigenvalue weighted by Crippen LogP contribution is 2.28. The summed E-state index contributed by atoms with van der Waals surface area (Å²) in [5.41, 5.74) is 1.91. The highest BCUT2D eigenvalue weighted by atomic mass is 16.7. The van der Waals surface area contributed by atoms with Gasteiger partial charge in [-0.1, -0.05) is 0 Å². The Bertz CT molecular complexity index is 569. The first-order valence-corrected chi connectivity index (χ1v) is 8.62. The molecule has 3 rings (SSSR count). The maximum absolute atomic E-state index is 12.3. The van der Waals surface area contributed by atoms with Crippen molar-refractivity contribution in [1.82, 2.24) is 20.2 Å². The smallest absolute Gasteiger partial charge is 0.410 e. The molecule has 140 valence electrons. The summed E-state index contributed by atoms with van der Waals surface area (Å²) < 4.78 is 5.26. The number of nitrogens with zero attached hydrogens (tertiary/aromatic N) is 3. The number of likely N-dealkylation sites (N-methyl/N-ethyl adjacent to an activating group) is 1. The molecule has 0 radical (unpaired) electrons. The van der Waals surface area contributed by atoms with Gasteiger partial charge in [-0.25, -0.2) is 15.1 Å². The van der Waals surface area contributed by atoms with E-state index in [-0.39, 0.29) is 30.2 Å². The molecule has 9 nitrogen and oxygen atoms in total. The molecule has 3 aliphatic rings. The van der Waals surface area contributed by atoms with E-state index >= 15 is 0 Å². The monoisotopic (exact) mass is 354 g/mol. The van der Waals surface area contributed by atoms with Crippen molar-refractivity contribution in [2.45, 2.75) is 57.4 Å². The Morgan fingerprint density at radius 1 is 1.16 bits per heavy atom. The van der Waals surface area contributed by atoms with E-state index in [1.165, 1.54) is 4.90 Å². The third-order valence-electron chi connectivity index (χ3n) is 4.78. The summed E-state index contributed by atoms with van der Waals surface area (Å²) in [6, 6.07) is -0.399. The number of hydrogen-bond acceptors (Lipinski definition) is 5. The molecular weight excluding hydrogens is 328 g/mol. The van der Waals surface area contributed by atoms with Gasteiger partial charge < -0.3 is 19.4 Å². The zero-order valence-corrected chi connectivity index (χ0v) is 15.2. The predicted octanol–water partition coefficient (Wildman–Crippen LogP) is 0.552. The van der Waals surface area contributed by atoms with Gasteiger partial charge in [0.2, 0.25) is 0 Å². The van der Waals surface area contributed by atoms with Crippen LogP contribution in [0.25, 0.3) is 0 Å². The van der Waals surface area contributed by atoms with E-state index in [9.17, 15) is 14.4 Å². The average Bonchev–Trinajstić information content (AvgIpc) is 2.68. The Labute approximate surface area is 147 Å². The first-order valence-electron chi connectivity index (χ1n) is 8.62. The van der Waals surface area contributed by atoms with Gasteiger partial charge in [-0.05, 0) is 33.6 Å². The quantitative estimate of drug-likeness (QED) is 0.748. The summed E-state index contributed by atoms with van der Waals surface area (Å²) in [5, 5.41) is 0. The number of hydroxylamine groups is 1. The molecule has 1 N–H and O–H groups in total. The van der Waals surface area contributed by atoms with Gasteiger partial charge in [-0.3, -0.25) is 9.63 Å². The van der Waals surface area contributed by atoms with E-state index in [0.29, 0.717) is 26.1 Å². The van der Waals surface area contributed by atoms with Crippen LogP contribution in [0.3, 0.4) is 0 Å². The van der Waals surface area contributed by atoms with Crippen molar-refractivity contribution in [2.75, 3.05) is 26.7 Å². The summed E-state index contributed by atoms with van der Waals surface area (Å²) >= 11 is 0. The molecule has 0 spiro atoms. The number of fused-ring (bicyclic) bond motifs is 2. The Morgan fingerprint density at radius 3 is 2.48 bits per heavy atom. The van der Waals surface area contributed by atoms with Crippen molar-refractivity contribution in [1.29, 1.82) is 0 Å². The topological polar surface area (TPSA) is 91.4 Å². The van der Waals surface area contributed by atoms with Gasteiger partial charge >= 0.3 is 12.1 Å². The molecule has 3 fully saturated rings. The Balaban J connectivity index is 1.41. The number of hydrogen-bond donors (Lipinski definition) is 1. The maximum Gasteiger partial charge on any atom is 0.410 e. The van der Waals surface area contributed by atoms with Crippen LogP contribution in [0.15, 0.2) is 0 Å². The lowest BCUT2D eigenvalue weighted by Crippen LogP contribution is -2.58. The molecule has 0 aliphatic carbocycles. The van der Waals surface area contributed by atoms with Crippen molar-refractivity contribution in [3.63, 3.8) is 0 Å². The number of piperidine rings is 1.